The molecule has 5 nitrogen and oxygen atoms in total. The molecule has 3 aliphatic rings. The normalized spacial score (nSPS) is 24.2. The number of nitrogens with zero attached hydrogens (tertiary/aromatic N) is 2. The summed E-state index contributed by atoms with van der Waals surface area (Å²) in [5, 5.41) is 0.693. The molecular formula is C34H29ClN2O3S. The van der Waals surface area contributed by atoms with Crippen molar-refractivity contribution in [2.45, 2.75) is 43.0 Å². The summed E-state index contributed by atoms with van der Waals surface area (Å²) in [6.07, 6.45) is 0.726. The minimum atomic E-state index is -1.17. The van der Waals surface area contributed by atoms with Crippen LogP contribution >= 0.6 is 23.4 Å². The molecule has 4 aromatic rings. The van der Waals surface area contributed by atoms with Gasteiger partial charge in [-0.2, -0.15) is 0 Å². The van der Waals surface area contributed by atoms with Gasteiger partial charge in [-0.15, -0.1) is 11.8 Å². The first-order chi connectivity index (χ1) is 19.6. The number of anilines is 2. The number of fused-ring (bicyclic) bond motifs is 1. The smallest absolute Gasteiger partial charge is 0.269 e. The van der Waals surface area contributed by atoms with Gasteiger partial charge in [-0.05, 0) is 79.9 Å². The average Bonchev–Trinajstić information content (AvgIpc) is 3.44. The third kappa shape index (κ3) is 3.77. The van der Waals surface area contributed by atoms with E-state index < -0.39 is 10.4 Å². The van der Waals surface area contributed by atoms with Crippen molar-refractivity contribution in [1.29, 1.82) is 0 Å². The molecule has 41 heavy (non-hydrogen) atoms. The van der Waals surface area contributed by atoms with Crippen LogP contribution in [0.25, 0.3) is 0 Å². The molecule has 7 heteroatoms. The van der Waals surface area contributed by atoms with Gasteiger partial charge < -0.3 is 9.64 Å². The highest BCUT2D eigenvalue weighted by Gasteiger charge is 2.65. The predicted octanol–water partition coefficient (Wildman–Crippen LogP) is 7.90. The number of hydrogen-bond acceptors (Lipinski definition) is 4. The van der Waals surface area contributed by atoms with Crippen LogP contribution < -0.4 is 14.5 Å². The first kappa shape index (κ1) is 26.2. The topological polar surface area (TPSA) is 49.9 Å². The Kier molecular flexibility index (Phi) is 5.83. The van der Waals surface area contributed by atoms with E-state index in [1.807, 2.05) is 83.8 Å². The fourth-order valence-electron chi connectivity index (χ4n) is 7.00. The molecule has 3 heterocycles. The first-order valence-electron chi connectivity index (χ1n) is 13.7. The Balaban J connectivity index is 1.36. The Hall–Kier alpha value is -3.74. The van der Waals surface area contributed by atoms with E-state index in [9.17, 15) is 9.59 Å². The highest BCUT2D eigenvalue weighted by Crippen LogP contribution is 2.63. The molecular weight excluding hydrogens is 552 g/mol. The minimum absolute atomic E-state index is 0.0661. The number of ether oxygens (including phenoxy) is 1. The van der Waals surface area contributed by atoms with Gasteiger partial charge in [-0.25, -0.2) is 0 Å². The standard InChI is InChI=1S/C34H29ClN2O3S/c1-32(2)21-33(3,22-12-14-23(35)15-13-22)27-10-7-11-28-30(27)37(32)31(39)34(28)36(29(38)20-41-34)24-16-18-26(19-17-24)40-25-8-5-4-6-9-25/h4-19H,20-21H2,1-3H3/t33-,34+/m0/s1. The van der Waals surface area contributed by atoms with Crippen LogP contribution in [0.3, 0.4) is 0 Å². The zero-order valence-corrected chi connectivity index (χ0v) is 24.6. The van der Waals surface area contributed by atoms with E-state index in [1.54, 1.807) is 4.90 Å². The van der Waals surface area contributed by atoms with Gasteiger partial charge >= 0.3 is 0 Å². The molecule has 0 saturated carbocycles. The Labute approximate surface area is 249 Å². The zero-order chi connectivity index (χ0) is 28.6. The molecule has 2 atom stereocenters. The highest BCUT2D eigenvalue weighted by molar-refractivity contribution is 8.02. The number of thioether (sulfide) groups is 1. The molecule has 0 unspecified atom stereocenters. The predicted molar refractivity (Wildman–Crippen MR) is 165 cm³/mol. The van der Waals surface area contributed by atoms with Crippen molar-refractivity contribution in [3.63, 3.8) is 0 Å². The van der Waals surface area contributed by atoms with E-state index in [0.717, 1.165) is 34.5 Å². The van der Waals surface area contributed by atoms with Gasteiger partial charge in [0.1, 0.15) is 11.5 Å². The molecule has 206 valence electrons. The van der Waals surface area contributed by atoms with E-state index in [4.69, 9.17) is 16.3 Å². The Morgan fingerprint density at radius 2 is 1.41 bits per heavy atom. The third-order valence-corrected chi connectivity index (χ3v) is 10.3. The van der Waals surface area contributed by atoms with Crippen LogP contribution in [0.2, 0.25) is 5.02 Å². The van der Waals surface area contributed by atoms with Crippen molar-refractivity contribution >= 4 is 46.6 Å². The molecule has 0 aliphatic carbocycles. The lowest BCUT2D eigenvalue weighted by Crippen LogP contribution is -2.58. The van der Waals surface area contributed by atoms with Gasteiger partial charge in [-0.1, -0.05) is 67.1 Å². The summed E-state index contributed by atoms with van der Waals surface area (Å²) >= 11 is 7.66. The number of carbonyl (C=O) groups is 2. The highest BCUT2D eigenvalue weighted by atomic mass is 35.5. The Bertz CT molecular complexity index is 1690. The molecule has 0 radical (unpaired) electrons. The van der Waals surface area contributed by atoms with Crippen LogP contribution in [0.4, 0.5) is 11.4 Å². The van der Waals surface area contributed by atoms with Crippen molar-refractivity contribution in [1.82, 2.24) is 0 Å². The van der Waals surface area contributed by atoms with E-state index in [2.05, 4.69) is 39.0 Å². The fraction of sp³-hybridized carbons (Fsp3) is 0.235. The molecule has 7 rings (SSSR count). The lowest BCUT2D eigenvalue weighted by atomic mass is 9.65. The van der Waals surface area contributed by atoms with Gasteiger partial charge in [-0.3, -0.25) is 14.5 Å². The van der Waals surface area contributed by atoms with Crippen molar-refractivity contribution in [2.75, 3.05) is 15.6 Å². The molecule has 1 saturated heterocycles. The maximum atomic E-state index is 14.7. The second kappa shape index (κ2) is 9.13. The lowest BCUT2D eigenvalue weighted by Gasteiger charge is -2.50. The number of amides is 2. The maximum absolute atomic E-state index is 14.7. The number of rotatable bonds is 4. The van der Waals surface area contributed by atoms with Crippen LogP contribution in [0.5, 0.6) is 11.5 Å². The van der Waals surface area contributed by atoms with Crippen molar-refractivity contribution in [2.24, 2.45) is 0 Å². The van der Waals surface area contributed by atoms with Crippen LogP contribution in [-0.4, -0.2) is 23.1 Å². The van der Waals surface area contributed by atoms with Crippen molar-refractivity contribution in [3.05, 3.63) is 119 Å². The molecule has 1 spiro atoms. The number of halogens is 1. The maximum Gasteiger partial charge on any atom is 0.269 e. The lowest BCUT2D eigenvalue weighted by molar-refractivity contribution is -0.124. The largest absolute Gasteiger partial charge is 0.457 e. The third-order valence-electron chi connectivity index (χ3n) is 8.63. The molecule has 1 fully saturated rings. The SMILES string of the molecule is CC1(C)C[C@@](C)(c2ccc(Cl)cc2)c2cccc3c2N1C(=O)[C@]31SCC(=O)N1c1ccc(Oc2ccccc2)cc1. The summed E-state index contributed by atoms with van der Waals surface area (Å²) in [7, 11) is 0. The second-order valence-electron chi connectivity index (χ2n) is 11.7. The summed E-state index contributed by atoms with van der Waals surface area (Å²) in [6.45, 7) is 6.50. The number of para-hydroxylation sites is 2. The summed E-state index contributed by atoms with van der Waals surface area (Å²) < 4.78 is 5.98. The van der Waals surface area contributed by atoms with Gasteiger partial charge in [0.15, 0.2) is 0 Å². The number of benzene rings is 4. The van der Waals surface area contributed by atoms with Crippen LogP contribution in [-0.2, 0) is 19.9 Å². The van der Waals surface area contributed by atoms with Gasteiger partial charge in [0.05, 0.1) is 11.4 Å². The summed E-state index contributed by atoms with van der Waals surface area (Å²) in [5.74, 6) is 1.46. The molecule has 2 amide bonds. The van der Waals surface area contributed by atoms with Gasteiger partial charge in [0.2, 0.25) is 10.8 Å². The Morgan fingerprint density at radius 1 is 0.756 bits per heavy atom. The van der Waals surface area contributed by atoms with E-state index in [-0.39, 0.29) is 23.0 Å². The average molecular weight is 581 g/mol. The monoisotopic (exact) mass is 580 g/mol. The quantitative estimate of drug-likeness (QED) is 0.246. The zero-order valence-electron chi connectivity index (χ0n) is 23.1. The van der Waals surface area contributed by atoms with Gasteiger partial charge in [0, 0.05) is 27.2 Å². The van der Waals surface area contributed by atoms with Crippen LogP contribution in [0.1, 0.15) is 43.9 Å². The molecule has 0 bridgehead atoms. The number of hydrogen-bond donors (Lipinski definition) is 0. The first-order valence-corrected chi connectivity index (χ1v) is 15.1. The molecule has 4 aromatic carbocycles. The fourth-order valence-corrected chi connectivity index (χ4v) is 8.46. The summed E-state index contributed by atoms with van der Waals surface area (Å²) in [5.41, 5.74) is 3.85. The van der Waals surface area contributed by atoms with E-state index in [0.29, 0.717) is 16.5 Å². The van der Waals surface area contributed by atoms with Crippen molar-refractivity contribution < 1.29 is 14.3 Å². The molecule has 0 aromatic heterocycles. The number of carbonyl (C=O) groups excluding carboxylic acids is 2. The van der Waals surface area contributed by atoms with E-state index in [1.165, 1.54) is 11.8 Å². The second-order valence-corrected chi connectivity index (χ2v) is 13.3. The minimum Gasteiger partial charge on any atom is -0.457 e. The summed E-state index contributed by atoms with van der Waals surface area (Å²) in [6, 6.07) is 31.2. The molecule has 3 aliphatic heterocycles. The Morgan fingerprint density at radius 3 is 2.12 bits per heavy atom. The van der Waals surface area contributed by atoms with Crippen LogP contribution in [0.15, 0.2) is 97.1 Å². The van der Waals surface area contributed by atoms with E-state index >= 15 is 0 Å². The summed E-state index contributed by atoms with van der Waals surface area (Å²) in [4.78, 5) is 30.8. The molecule has 0 N–H and O–H groups in total. The van der Waals surface area contributed by atoms with Gasteiger partial charge in [0.25, 0.3) is 5.91 Å². The van der Waals surface area contributed by atoms with Crippen LogP contribution in [0, 0.1) is 0 Å². The van der Waals surface area contributed by atoms with Crippen molar-refractivity contribution in [3.8, 4) is 11.5 Å².